The second-order valence-corrected chi connectivity index (χ2v) is 7.50. The van der Waals surface area contributed by atoms with Gasteiger partial charge < -0.3 is 0 Å². The third-order valence-electron chi connectivity index (χ3n) is 4.70. The van der Waals surface area contributed by atoms with Crippen molar-refractivity contribution in [3.63, 3.8) is 0 Å². The molecule has 0 saturated heterocycles. The predicted molar refractivity (Wildman–Crippen MR) is 120 cm³/mol. The van der Waals surface area contributed by atoms with Crippen LogP contribution in [0.2, 0.25) is 0 Å². The predicted octanol–water partition coefficient (Wildman–Crippen LogP) is 5.29. The SMILES string of the molecule is Cc1ccccc1Cn1c(C)nsc1=NC(=Nc1ccccc1)c1ccccc1. The van der Waals surface area contributed by atoms with E-state index in [0.29, 0.717) is 5.84 Å². The molecule has 0 radical (unpaired) electrons. The molecular formula is C24H22N4S. The molecule has 4 rings (SSSR count). The largest absolute Gasteiger partial charge is 0.299 e. The van der Waals surface area contributed by atoms with E-state index in [0.717, 1.165) is 28.4 Å². The Hall–Kier alpha value is -3.31. The lowest BCUT2D eigenvalue weighted by Gasteiger charge is -2.08. The number of aromatic nitrogens is 2. The lowest BCUT2D eigenvalue weighted by atomic mass is 10.1. The number of amidine groups is 1. The molecule has 4 nitrogen and oxygen atoms in total. The number of aliphatic imine (C=N–C) groups is 1. The number of rotatable bonds is 4. The van der Waals surface area contributed by atoms with Gasteiger partial charge in [-0.15, -0.1) is 0 Å². The highest BCUT2D eigenvalue weighted by atomic mass is 32.1. The van der Waals surface area contributed by atoms with E-state index in [-0.39, 0.29) is 0 Å². The fourth-order valence-electron chi connectivity index (χ4n) is 3.02. The molecule has 29 heavy (non-hydrogen) atoms. The van der Waals surface area contributed by atoms with Crippen LogP contribution in [0.15, 0.2) is 94.9 Å². The van der Waals surface area contributed by atoms with Gasteiger partial charge in [0.2, 0.25) is 4.80 Å². The summed E-state index contributed by atoms with van der Waals surface area (Å²) in [4.78, 5) is 10.6. The summed E-state index contributed by atoms with van der Waals surface area (Å²) in [6.07, 6.45) is 0. The molecule has 5 heteroatoms. The topological polar surface area (TPSA) is 42.5 Å². The maximum Gasteiger partial charge on any atom is 0.211 e. The summed E-state index contributed by atoms with van der Waals surface area (Å²) in [5.41, 5.74) is 4.38. The van der Waals surface area contributed by atoms with Gasteiger partial charge in [-0.1, -0.05) is 72.8 Å². The molecule has 0 saturated carbocycles. The van der Waals surface area contributed by atoms with Crippen molar-refractivity contribution in [1.82, 2.24) is 8.94 Å². The first kappa shape index (κ1) is 19.0. The minimum Gasteiger partial charge on any atom is -0.299 e. The van der Waals surface area contributed by atoms with Crippen molar-refractivity contribution in [2.45, 2.75) is 20.4 Å². The van der Waals surface area contributed by atoms with Gasteiger partial charge >= 0.3 is 0 Å². The molecule has 0 aliphatic heterocycles. The molecule has 0 aliphatic carbocycles. The Balaban J connectivity index is 1.82. The van der Waals surface area contributed by atoms with Crippen LogP contribution in [0, 0.1) is 13.8 Å². The van der Waals surface area contributed by atoms with Crippen molar-refractivity contribution in [2.24, 2.45) is 9.98 Å². The van der Waals surface area contributed by atoms with Crippen LogP contribution >= 0.6 is 11.5 Å². The van der Waals surface area contributed by atoms with Gasteiger partial charge in [0.05, 0.1) is 12.2 Å². The lowest BCUT2D eigenvalue weighted by molar-refractivity contribution is 0.726. The van der Waals surface area contributed by atoms with Crippen LogP contribution < -0.4 is 4.80 Å². The van der Waals surface area contributed by atoms with Crippen molar-refractivity contribution in [3.05, 3.63) is 112 Å². The number of para-hydroxylation sites is 1. The highest BCUT2D eigenvalue weighted by molar-refractivity contribution is 7.02. The fourth-order valence-corrected chi connectivity index (χ4v) is 3.76. The summed E-state index contributed by atoms with van der Waals surface area (Å²) >= 11 is 1.40. The van der Waals surface area contributed by atoms with Crippen LogP contribution in [0.3, 0.4) is 0 Å². The molecule has 0 amide bonds. The van der Waals surface area contributed by atoms with Crippen LogP contribution in [0.4, 0.5) is 5.69 Å². The molecule has 1 aromatic heterocycles. The van der Waals surface area contributed by atoms with Crippen molar-refractivity contribution >= 4 is 23.1 Å². The van der Waals surface area contributed by atoms with Gasteiger partial charge in [0, 0.05) is 17.1 Å². The van der Waals surface area contributed by atoms with Crippen molar-refractivity contribution in [1.29, 1.82) is 0 Å². The van der Waals surface area contributed by atoms with E-state index in [4.69, 9.17) is 9.98 Å². The second kappa shape index (κ2) is 8.80. The average molecular weight is 399 g/mol. The molecule has 1 heterocycles. The van der Waals surface area contributed by atoms with Crippen LogP contribution in [0.1, 0.15) is 22.5 Å². The average Bonchev–Trinajstić information content (AvgIpc) is 3.10. The Bertz CT molecular complexity index is 1190. The maximum atomic E-state index is 4.94. The monoisotopic (exact) mass is 398 g/mol. The molecule has 0 fully saturated rings. The first-order chi connectivity index (χ1) is 14.2. The molecule has 0 spiro atoms. The Morgan fingerprint density at radius 3 is 2.24 bits per heavy atom. The standard InChI is InChI=1S/C24H22N4S/c1-18-11-9-10-14-21(18)17-28-19(2)27-29-24(28)26-23(20-12-5-3-6-13-20)25-22-15-7-4-8-16-22/h3-16H,17H2,1-2H3. The zero-order valence-corrected chi connectivity index (χ0v) is 17.3. The number of benzene rings is 3. The summed E-state index contributed by atoms with van der Waals surface area (Å²) in [7, 11) is 0. The molecule has 3 aromatic carbocycles. The molecule has 4 aromatic rings. The Kier molecular flexibility index (Phi) is 5.77. The lowest BCUT2D eigenvalue weighted by Crippen LogP contribution is -2.19. The summed E-state index contributed by atoms with van der Waals surface area (Å²) in [5, 5.41) is 0. The number of hydrogen-bond donors (Lipinski definition) is 0. The van der Waals surface area contributed by atoms with Gasteiger partial charge in [-0.05, 0) is 37.1 Å². The van der Waals surface area contributed by atoms with Crippen LogP contribution in [-0.2, 0) is 6.54 Å². The van der Waals surface area contributed by atoms with Crippen molar-refractivity contribution in [2.75, 3.05) is 0 Å². The number of nitrogens with zero attached hydrogens (tertiary/aromatic N) is 4. The molecule has 0 bridgehead atoms. The first-order valence-electron chi connectivity index (χ1n) is 9.52. The summed E-state index contributed by atoms with van der Waals surface area (Å²) < 4.78 is 6.70. The Labute approximate surface area is 174 Å². The molecule has 0 aliphatic rings. The van der Waals surface area contributed by atoms with Crippen LogP contribution in [-0.4, -0.2) is 14.8 Å². The van der Waals surface area contributed by atoms with E-state index >= 15 is 0 Å². The van der Waals surface area contributed by atoms with E-state index in [1.807, 2.05) is 67.6 Å². The summed E-state index contributed by atoms with van der Waals surface area (Å²) in [5.74, 6) is 1.63. The highest BCUT2D eigenvalue weighted by Crippen LogP contribution is 2.14. The minimum absolute atomic E-state index is 0.680. The maximum absolute atomic E-state index is 4.94. The molecule has 0 atom stereocenters. The minimum atomic E-state index is 0.680. The normalized spacial score (nSPS) is 12.3. The van der Waals surface area contributed by atoms with Gasteiger partial charge in [-0.25, -0.2) is 4.99 Å². The molecule has 0 unspecified atom stereocenters. The third-order valence-corrected chi connectivity index (χ3v) is 5.53. The van der Waals surface area contributed by atoms with Gasteiger partial charge in [0.15, 0.2) is 5.84 Å². The number of aryl methyl sites for hydroxylation is 2. The number of hydrogen-bond acceptors (Lipinski definition) is 3. The van der Waals surface area contributed by atoms with E-state index in [1.165, 1.54) is 22.7 Å². The Morgan fingerprint density at radius 2 is 1.52 bits per heavy atom. The molecule has 144 valence electrons. The zero-order valence-electron chi connectivity index (χ0n) is 16.5. The second-order valence-electron chi connectivity index (χ2n) is 6.77. The third kappa shape index (κ3) is 4.58. The van der Waals surface area contributed by atoms with E-state index in [9.17, 15) is 0 Å². The molecular weight excluding hydrogens is 376 g/mol. The fraction of sp³-hybridized carbons (Fsp3) is 0.125. The van der Waals surface area contributed by atoms with Gasteiger partial charge in [-0.3, -0.25) is 4.57 Å². The molecule has 0 N–H and O–H groups in total. The zero-order chi connectivity index (χ0) is 20.1. The highest BCUT2D eigenvalue weighted by Gasteiger charge is 2.09. The van der Waals surface area contributed by atoms with Gasteiger partial charge in [0.1, 0.15) is 5.82 Å². The van der Waals surface area contributed by atoms with Crippen LogP contribution in [0.25, 0.3) is 0 Å². The van der Waals surface area contributed by atoms with Crippen LogP contribution in [0.5, 0.6) is 0 Å². The van der Waals surface area contributed by atoms with Gasteiger partial charge in [0.25, 0.3) is 0 Å². The van der Waals surface area contributed by atoms with Crippen molar-refractivity contribution < 1.29 is 0 Å². The van der Waals surface area contributed by atoms with E-state index < -0.39 is 0 Å². The first-order valence-corrected chi connectivity index (χ1v) is 10.3. The van der Waals surface area contributed by atoms with E-state index in [1.54, 1.807) is 0 Å². The van der Waals surface area contributed by atoms with Crippen molar-refractivity contribution in [3.8, 4) is 0 Å². The smallest absolute Gasteiger partial charge is 0.211 e. The quantitative estimate of drug-likeness (QED) is 0.340. The van der Waals surface area contributed by atoms with Gasteiger partial charge in [-0.2, -0.15) is 9.37 Å². The Morgan fingerprint density at radius 1 is 0.862 bits per heavy atom. The summed E-state index contributed by atoms with van der Waals surface area (Å²) in [6.45, 7) is 4.89. The summed E-state index contributed by atoms with van der Waals surface area (Å²) in [6, 6.07) is 28.4. The van der Waals surface area contributed by atoms with E-state index in [2.05, 4.69) is 40.1 Å².